The number of hydrogen-bond acceptors (Lipinski definition) is 6. The summed E-state index contributed by atoms with van der Waals surface area (Å²) < 4.78 is 16.8. The van der Waals surface area contributed by atoms with Crippen LogP contribution in [-0.2, 0) is 28.6 Å². The van der Waals surface area contributed by atoms with E-state index in [4.69, 9.17) is 14.2 Å². The van der Waals surface area contributed by atoms with Gasteiger partial charge in [0, 0.05) is 19.3 Å². The number of rotatable bonds is 53. The van der Waals surface area contributed by atoms with Crippen molar-refractivity contribution in [1.82, 2.24) is 0 Å². The Morgan fingerprint density at radius 1 is 0.273 bits per heavy atom. The second-order valence-electron chi connectivity index (χ2n) is 19.5. The topological polar surface area (TPSA) is 78.9 Å². The highest BCUT2D eigenvalue weighted by molar-refractivity contribution is 5.71. The van der Waals surface area contributed by atoms with E-state index in [0.717, 1.165) is 173 Å². The number of unbranched alkanes of at least 4 members (excludes halogenated alkanes) is 14. The number of esters is 3. The summed E-state index contributed by atoms with van der Waals surface area (Å²) in [6.45, 7) is 6.27. The summed E-state index contributed by atoms with van der Waals surface area (Å²) in [4.78, 5) is 38.2. The van der Waals surface area contributed by atoms with Gasteiger partial charge in [0.1, 0.15) is 13.2 Å². The molecule has 0 aliphatic rings. The average molecular weight is 1060 g/mol. The van der Waals surface area contributed by atoms with Crippen LogP contribution in [0.15, 0.2) is 170 Å². The molecule has 0 spiro atoms. The first-order valence-electron chi connectivity index (χ1n) is 30.6. The Morgan fingerprint density at radius 2 is 0.506 bits per heavy atom. The van der Waals surface area contributed by atoms with Crippen molar-refractivity contribution in [3.05, 3.63) is 170 Å². The van der Waals surface area contributed by atoms with Crippen LogP contribution >= 0.6 is 0 Å². The summed E-state index contributed by atoms with van der Waals surface area (Å²) in [5, 5.41) is 0. The lowest BCUT2D eigenvalue weighted by Gasteiger charge is -2.18. The first kappa shape index (κ1) is 71.8. The van der Waals surface area contributed by atoms with Crippen molar-refractivity contribution in [3.63, 3.8) is 0 Å². The van der Waals surface area contributed by atoms with Crippen LogP contribution in [0.25, 0.3) is 0 Å². The van der Waals surface area contributed by atoms with Crippen molar-refractivity contribution in [1.29, 1.82) is 0 Å². The molecule has 0 rings (SSSR count). The molecular weight excluding hydrogens is 949 g/mol. The smallest absolute Gasteiger partial charge is 0.306 e. The lowest BCUT2D eigenvalue weighted by molar-refractivity contribution is -0.167. The van der Waals surface area contributed by atoms with Crippen LogP contribution in [0.5, 0.6) is 0 Å². The molecular formula is C71H110O6. The Hall–Kier alpha value is -5.23. The van der Waals surface area contributed by atoms with Crippen molar-refractivity contribution in [3.8, 4) is 0 Å². The number of allylic oxidation sites excluding steroid dienone is 28. The molecule has 6 nitrogen and oxygen atoms in total. The molecule has 0 fully saturated rings. The van der Waals surface area contributed by atoms with Crippen LogP contribution < -0.4 is 0 Å². The van der Waals surface area contributed by atoms with Crippen LogP contribution in [0.2, 0.25) is 0 Å². The van der Waals surface area contributed by atoms with Crippen molar-refractivity contribution < 1.29 is 28.6 Å². The van der Waals surface area contributed by atoms with Crippen molar-refractivity contribution in [2.24, 2.45) is 0 Å². The lowest BCUT2D eigenvalue weighted by Crippen LogP contribution is -2.30. The molecule has 6 heteroatoms. The Morgan fingerprint density at radius 3 is 0.818 bits per heavy atom. The Labute approximate surface area is 472 Å². The predicted molar refractivity (Wildman–Crippen MR) is 334 cm³/mol. The van der Waals surface area contributed by atoms with E-state index in [1.54, 1.807) is 0 Å². The molecule has 0 bridgehead atoms. The third-order valence-electron chi connectivity index (χ3n) is 12.2. The molecule has 1 unspecified atom stereocenters. The molecule has 0 saturated carbocycles. The summed E-state index contributed by atoms with van der Waals surface area (Å²) in [5.74, 6) is -0.993. The molecule has 0 N–H and O–H groups in total. The Bertz CT molecular complexity index is 1790. The third kappa shape index (κ3) is 61.5. The van der Waals surface area contributed by atoms with Crippen molar-refractivity contribution in [2.45, 2.75) is 245 Å². The third-order valence-corrected chi connectivity index (χ3v) is 12.2. The van der Waals surface area contributed by atoms with Gasteiger partial charge in [-0.25, -0.2) is 0 Å². The molecule has 0 saturated heterocycles. The molecule has 0 amide bonds. The second kappa shape index (κ2) is 63.3. The second-order valence-corrected chi connectivity index (χ2v) is 19.5. The Balaban J connectivity index is 4.39. The lowest BCUT2D eigenvalue weighted by atomic mass is 10.1. The van der Waals surface area contributed by atoms with E-state index < -0.39 is 6.10 Å². The number of ether oxygens (including phenoxy) is 3. The molecule has 0 aliphatic carbocycles. The largest absolute Gasteiger partial charge is 0.462 e. The number of carbonyl (C=O) groups excluding carboxylic acids is 3. The minimum atomic E-state index is -0.821. The first-order chi connectivity index (χ1) is 38.0. The van der Waals surface area contributed by atoms with Crippen LogP contribution in [0.1, 0.15) is 239 Å². The quantitative estimate of drug-likeness (QED) is 0.0261. The van der Waals surface area contributed by atoms with Gasteiger partial charge in [-0.2, -0.15) is 0 Å². The highest BCUT2D eigenvalue weighted by Crippen LogP contribution is 2.13. The summed E-state index contributed by atoms with van der Waals surface area (Å²) in [6, 6.07) is 0. The zero-order valence-electron chi connectivity index (χ0n) is 49.1. The summed E-state index contributed by atoms with van der Waals surface area (Å²) in [5.41, 5.74) is 0. The minimum absolute atomic E-state index is 0.114. The predicted octanol–water partition coefficient (Wildman–Crippen LogP) is 21.1. The van der Waals surface area contributed by atoms with Gasteiger partial charge in [-0.05, 0) is 148 Å². The van der Waals surface area contributed by atoms with Gasteiger partial charge in [-0.1, -0.05) is 242 Å². The first-order valence-corrected chi connectivity index (χ1v) is 30.6. The minimum Gasteiger partial charge on any atom is -0.462 e. The summed E-state index contributed by atoms with van der Waals surface area (Å²) >= 11 is 0. The van der Waals surface area contributed by atoms with E-state index >= 15 is 0 Å². The molecule has 0 aromatic rings. The van der Waals surface area contributed by atoms with E-state index in [1.165, 1.54) is 19.3 Å². The number of hydrogen-bond donors (Lipinski definition) is 0. The van der Waals surface area contributed by atoms with E-state index in [1.807, 2.05) is 0 Å². The monoisotopic (exact) mass is 1060 g/mol. The molecule has 0 aromatic heterocycles. The van der Waals surface area contributed by atoms with E-state index in [2.05, 4.69) is 191 Å². The van der Waals surface area contributed by atoms with Crippen LogP contribution in [0, 0.1) is 0 Å². The molecule has 77 heavy (non-hydrogen) atoms. The highest BCUT2D eigenvalue weighted by atomic mass is 16.6. The molecule has 1 atom stereocenters. The summed E-state index contributed by atoms with van der Waals surface area (Å²) in [6.07, 6.45) is 93.6. The van der Waals surface area contributed by atoms with Crippen molar-refractivity contribution in [2.75, 3.05) is 13.2 Å². The Kier molecular flexibility index (Phi) is 59.0. The normalized spacial score (nSPS) is 13.3. The van der Waals surface area contributed by atoms with Crippen LogP contribution in [0.4, 0.5) is 0 Å². The van der Waals surface area contributed by atoms with Crippen molar-refractivity contribution >= 4 is 17.9 Å². The summed E-state index contributed by atoms with van der Waals surface area (Å²) in [7, 11) is 0. The molecule has 0 aromatic carbocycles. The molecule has 0 radical (unpaired) electrons. The maximum Gasteiger partial charge on any atom is 0.306 e. The van der Waals surface area contributed by atoms with Gasteiger partial charge in [0.05, 0.1) is 0 Å². The zero-order chi connectivity index (χ0) is 55.7. The fourth-order valence-corrected chi connectivity index (χ4v) is 7.66. The highest BCUT2D eigenvalue weighted by Gasteiger charge is 2.19. The van der Waals surface area contributed by atoms with Crippen LogP contribution in [0.3, 0.4) is 0 Å². The van der Waals surface area contributed by atoms with E-state index in [0.29, 0.717) is 19.3 Å². The number of carbonyl (C=O) groups is 3. The average Bonchev–Trinajstić information content (AvgIpc) is 3.43. The fraction of sp³-hybridized carbons (Fsp3) is 0.563. The molecule has 430 valence electrons. The standard InChI is InChI=1S/C71H110O6/c1-4-7-10-13-16-19-22-25-27-28-29-30-31-32-33-34-35-36-37-38-39-40-41-42-44-46-49-52-55-58-61-64-70(73)76-67-68(66-75-69(72)63-60-57-54-51-48-45-24-21-18-15-12-9-6-3)77-71(74)65-62-59-56-53-50-47-43-26-23-20-17-14-11-8-5-2/h7-8,10-12,15-17,19-21,24-27,29-30,32-33,35-36,38-39,41-43,50,53,68H,4-6,9,13-14,18,22-23,28,31,34,37,40,44-49,51-52,54-67H2,1-3H3/b10-7-,11-8-,15-12-,19-16-,20-17-,24-21-,27-25-,30-29-,33-32-,36-35-,39-38-,42-41-,43-26-,53-50-. The van der Waals surface area contributed by atoms with Gasteiger partial charge < -0.3 is 14.2 Å². The fourth-order valence-electron chi connectivity index (χ4n) is 7.66. The van der Waals surface area contributed by atoms with Gasteiger partial charge in [0.15, 0.2) is 6.10 Å². The van der Waals surface area contributed by atoms with Gasteiger partial charge in [0.25, 0.3) is 0 Å². The zero-order valence-corrected chi connectivity index (χ0v) is 49.1. The SMILES string of the molecule is CC/C=C\C/C=C\C/C=C\C/C=C\C/C=C\C/C=C\C/C=C\C/C=C\CCCCCCCCC(=O)OCC(COC(=O)CCCCCCC/C=C\C/C=C\CCC)OC(=O)CCCC/C=C\C/C=C\C/C=C\C/C=C\CC. The van der Waals surface area contributed by atoms with Gasteiger partial charge >= 0.3 is 17.9 Å². The van der Waals surface area contributed by atoms with Crippen LogP contribution in [-0.4, -0.2) is 37.2 Å². The van der Waals surface area contributed by atoms with E-state index in [9.17, 15) is 14.4 Å². The van der Waals surface area contributed by atoms with Gasteiger partial charge in [0.2, 0.25) is 0 Å². The molecule has 0 aliphatic heterocycles. The maximum atomic E-state index is 12.8. The van der Waals surface area contributed by atoms with E-state index in [-0.39, 0.29) is 37.5 Å². The van der Waals surface area contributed by atoms with Gasteiger partial charge in [-0.3, -0.25) is 14.4 Å². The maximum absolute atomic E-state index is 12.8. The molecule has 0 heterocycles. The van der Waals surface area contributed by atoms with Gasteiger partial charge in [-0.15, -0.1) is 0 Å².